The van der Waals surface area contributed by atoms with E-state index in [0.717, 1.165) is 57.2 Å². The van der Waals surface area contributed by atoms with Crippen molar-refractivity contribution in [2.24, 2.45) is 5.92 Å². The van der Waals surface area contributed by atoms with Gasteiger partial charge in [-0.05, 0) is 81.0 Å². The first kappa shape index (κ1) is 28.3. The number of nitrogens with zero attached hydrogens (tertiary/aromatic N) is 3. The number of hydrogen-bond donors (Lipinski definition) is 3. The number of piperidine rings is 1. The molecule has 2 fully saturated rings. The molecule has 0 bridgehead atoms. The zero-order chi connectivity index (χ0) is 29.1. The maximum Gasteiger partial charge on any atom is 0.233 e. The summed E-state index contributed by atoms with van der Waals surface area (Å²) in [5.41, 5.74) is 2.03. The van der Waals surface area contributed by atoms with Gasteiger partial charge in [-0.1, -0.05) is 25.0 Å². The van der Waals surface area contributed by atoms with E-state index in [1.165, 1.54) is 6.07 Å². The Labute approximate surface area is 245 Å². The molecule has 2 aliphatic rings. The lowest BCUT2D eigenvalue weighted by molar-refractivity contribution is 0.466. The molecule has 0 radical (unpaired) electrons. The minimum absolute atomic E-state index is 0.0115. The van der Waals surface area contributed by atoms with Gasteiger partial charge in [0.25, 0.3) is 0 Å². The maximum absolute atomic E-state index is 15.1. The van der Waals surface area contributed by atoms with E-state index in [1.54, 1.807) is 36.7 Å². The van der Waals surface area contributed by atoms with Crippen LogP contribution in [-0.4, -0.2) is 48.3 Å². The van der Waals surface area contributed by atoms with Crippen molar-refractivity contribution in [3.8, 4) is 22.9 Å². The van der Waals surface area contributed by atoms with Crippen LogP contribution in [0, 0.1) is 18.7 Å². The van der Waals surface area contributed by atoms with Crippen molar-refractivity contribution in [1.82, 2.24) is 20.3 Å². The number of hydrogen-bond acceptors (Lipinski definition) is 8. The summed E-state index contributed by atoms with van der Waals surface area (Å²) in [6.45, 7) is 3.76. The lowest BCUT2D eigenvalue weighted by atomic mass is 10.0. The summed E-state index contributed by atoms with van der Waals surface area (Å²) < 4.78 is 50.1. The van der Waals surface area contributed by atoms with Crippen LogP contribution in [0.15, 0.2) is 54.9 Å². The van der Waals surface area contributed by atoms with Crippen molar-refractivity contribution in [1.29, 1.82) is 0 Å². The molecule has 1 atom stereocenters. The number of halogens is 1. The van der Waals surface area contributed by atoms with Gasteiger partial charge in [-0.25, -0.2) is 27.8 Å². The van der Waals surface area contributed by atoms with Crippen LogP contribution in [-0.2, 0) is 10.0 Å². The highest BCUT2D eigenvalue weighted by atomic mass is 32.2. The summed E-state index contributed by atoms with van der Waals surface area (Å²) in [5, 5.41) is 7.78. The second-order valence-corrected chi connectivity index (χ2v) is 12.9. The molecule has 1 saturated heterocycles. The van der Waals surface area contributed by atoms with Gasteiger partial charge in [0.15, 0.2) is 0 Å². The van der Waals surface area contributed by atoms with Crippen molar-refractivity contribution in [2.75, 3.05) is 28.9 Å². The van der Waals surface area contributed by atoms with Gasteiger partial charge in [-0.3, -0.25) is 4.72 Å². The smallest absolute Gasteiger partial charge is 0.233 e. The van der Waals surface area contributed by atoms with E-state index < -0.39 is 15.8 Å². The Hall–Kier alpha value is -3.83. The number of benzene rings is 2. The van der Waals surface area contributed by atoms with Crippen LogP contribution in [0.1, 0.15) is 44.1 Å². The molecule has 1 saturated carbocycles. The fourth-order valence-corrected chi connectivity index (χ4v) is 7.44. The number of fused-ring (bicyclic) bond motifs is 1. The molecule has 1 aliphatic carbocycles. The molecule has 0 amide bonds. The van der Waals surface area contributed by atoms with E-state index in [9.17, 15) is 8.42 Å². The SMILES string of the molecule is Cc1ccc2c(NS(=O)(=O)CC3CCCC3)c(F)ccc2c1Oc1ncccc1-c1ccnc(N[C@H]2CCCNC2)n1. The summed E-state index contributed by atoms with van der Waals surface area (Å²) in [7, 11) is -3.74. The molecule has 3 heterocycles. The molecule has 42 heavy (non-hydrogen) atoms. The summed E-state index contributed by atoms with van der Waals surface area (Å²) in [6, 6.07) is 12.1. The molecule has 4 aromatic rings. The standard InChI is InChI=1S/C31H35FN6O3S/c1-20-10-11-23-24(12-13-26(32)28(23)38-42(39,40)19-21-6-2-3-7-21)29(20)41-30-25(9-5-16-34-30)27-14-17-35-31(37-27)36-22-8-4-15-33-18-22/h5,9-14,16-17,21-22,33,38H,2-4,6-8,15,18-19H2,1H3,(H,35,36,37)/t22-/m0/s1. The van der Waals surface area contributed by atoms with Gasteiger partial charge >= 0.3 is 0 Å². The van der Waals surface area contributed by atoms with Crippen LogP contribution >= 0.6 is 0 Å². The number of nitrogens with one attached hydrogen (secondary N) is 3. The third-order valence-corrected chi connectivity index (χ3v) is 9.44. The van der Waals surface area contributed by atoms with Crippen LogP contribution in [0.3, 0.4) is 0 Å². The Bertz CT molecular complexity index is 1690. The summed E-state index contributed by atoms with van der Waals surface area (Å²) in [6.07, 6.45) is 9.29. The van der Waals surface area contributed by atoms with Crippen LogP contribution in [0.5, 0.6) is 11.6 Å². The second-order valence-electron chi connectivity index (χ2n) is 11.2. The predicted octanol–water partition coefficient (Wildman–Crippen LogP) is 6.03. The van der Waals surface area contributed by atoms with E-state index in [0.29, 0.717) is 39.6 Å². The number of aryl methyl sites for hydroxylation is 1. The number of sulfonamides is 1. The molecule has 11 heteroatoms. The Kier molecular flexibility index (Phi) is 8.21. The second kappa shape index (κ2) is 12.2. The molecular weight excluding hydrogens is 555 g/mol. The van der Waals surface area contributed by atoms with Gasteiger partial charge in [0.2, 0.25) is 21.9 Å². The lowest BCUT2D eigenvalue weighted by Gasteiger charge is -2.23. The molecule has 0 unspecified atom stereocenters. The Morgan fingerprint density at radius 2 is 1.83 bits per heavy atom. The quantitative estimate of drug-likeness (QED) is 0.216. The topological polar surface area (TPSA) is 118 Å². The third-order valence-electron chi connectivity index (χ3n) is 8.02. The molecule has 2 aromatic heterocycles. The van der Waals surface area contributed by atoms with Crippen molar-refractivity contribution >= 4 is 32.4 Å². The fourth-order valence-electron chi connectivity index (χ4n) is 5.88. The number of rotatable bonds is 9. The minimum Gasteiger partial charge on any atom is -0.437 e. The van der Waals surface area contributed by atoms with E-state index in [2.05, 4.69) is 25.3 Å². The highest BCUT2D eigenvalue weighted by Crippen LogP contribution is 2.40. The van der Waals surface area contributed by atoms with Crippen molar-refractivity contribution in [3.63, 3.8) is 0 Å². The van der Waals surface area contributed by atoms with Gasteiger partial charge in [0.05, 0.1) is 22.7 Å². The predicted molar refractivity (Wildman–Crippen MR) is 163 cm³/mol. The minimum atomic E-state index is -3.74. The number of pyridine rings is 1. The summed E-state index contributed by atoms with van der Waals surface area (Å²) >= 11 is 0. The molecule has 220 valence electrons. The average Bonchev–Trinajstić information content (AvgIpc) is 3.49. The highest BCUT2D eigenvalue weighted by molar-refractivity contribution is 7.92. The number of ether oxygens (including phenoxy) is 1. The van der Waals surface area contributed by atoms with Crippen LogP contribution in [0.25, 0.3) is 22.0 Å². The Balaban J connectivity index is 1.32. The van der Waals surface area contributed by atoms with Gasteiger partial charge in [-0.2, -0.15) is 0 Å². The highest BCUT2D eigenvalue weighted by Gasteiger charge is 2.25. The monoisotopic (exact) mass is 590 g/mol. The van der Waals surface area contributed by atoms with E-state index in [-0.39, 0.29) is 23.4 Å². The first-order valence-electron chi connectivity index (χ1n) is 14.5. The van der Waals surface area contributed by atoms with Crippen molar-refractivity contribution in [3.05, 3.63) is 66.2 Å². The normalized spacial score (nSPS) is 17.8. The molecule has 3 N–H and O–H groups in total. The van der Waals surface area contributed by atoms with Gasteiger partial charge in [-0.15, -0.1) is 0 Å². The van der Waals surface area contributed by atoms with Crippen LogP contribution in [0.4, 0.5) is 16.0 Å². The van der Waals surface area contributed by atoms with E-state index in [4.69, 9.17) is 9.72 Å². The Morgan fingerprint density at radius 1 is 1.00 bits per heavy atom. The molecule has 0 spiro atoms. The van der Waals surface area contributed by atoms with Gasteiger partial charge in [0.1, 0.15) is 11.6 Å². The van der Waals surface area contributed by atoms with Crippen molar-refractivity contribution in [2.45, 2.75) is 51.5 Å². The Morgan fingerprint density at radius 3 is 2.64 bits per heavy atom. The average molecular weight is 591 g/mol. The van der Waals surface area contributed by atoms with Gasteiger partial charge < -0.3 is 15.4 Å². The molecule has 1 aliphatic heterocycles. The van der Waals surface area contributed by atoms with Crippen LogP contribution < -0.4 is 20.1 Å². The first-order chi connectivity index (χ1) is 20.4. The summed E-state index contributed by atoms with van der Waals surface area (Å²) in [5.74, 6) is 0.764. The fraction of sp³-hybridized carbons (Fsp3) is 0.387. The third kappa shape index (κ3) is 6.32. The zero-order valence-corrected chi connectivity index (χ0v) is 24.4. The largest absolute Gasteiger partial charge is 0.437 e. The molecular formula is C31H35FN6O3S. The molecule has 6 rings (SSSR count). The van der Waals surface area contributed by atoms with Crippen molar-refractivity contribution < 1.29 is 17.5 Å². The van der Waals surface area contributed by atoms with Gasteiger partial charge in [0, 0.05) is 35.8 Å². The summed E-state index contributed by atoms with van der Waals surface area (Å²) in [4.78, 5) is 13.6. The maximum atomic E-state index is 15.1. The molecule has 9 nitrogen and oxygen atoms in total. The van der Waals surface area contributed by atoms with E-state index in [1.807, 2.05) is 19.1 Å². The number of aromatic nitrogens is 3. The van der Waals surface area contributed by atoms with Crippen LogP contribution in [0.2, 0.25) is 0 Å². The van der Waals surface area contributed by atoms with E-state index >= 15 is 4.39 Å². The lowest BCUT2D eigenvalue weighted by Crippen LogP contribution is -2.38. The molecule has 2 aromatic carbocycles. The zero-order valence-electron chi connectivity index (χ0n) is 23.6. The first-order valence-corrected chi connectivity index (χ1v) is 16.2. The number of anilines is 2.